The summed E-state index contributed by atoms with van der Waals surface area (Å²) in [5.74, 6) is 0. The summed E-state index contributed by atoms with van der Waals surface area (Å²) in [6.45, 7) is 12.9. The molecule has 0 fully saturated rings. The van der Waals surface area contributed by atoms with E-state index in [1.807, 2.05) is 13.8 Å². The predicted molar refractivity (Wildman–Crippen MR) is 40.2 cm³/mol. The maximum Gasteiger partial charge on any atom is 0.0520 e. The molecule has 1 nitrogen and oxygen atoms in total. The first-order valence-corrected chi connectivity index (χ1v) is 3.39. The largest absolute Gasteiger partial charge is 0.378 e. The van der Waals surface area contributed by atoms with Crippen LogP contribution in [0, 0.1) is 12.3 Å². The van der Waals surface area contributed by atoms with E-state index in [2.05, 4.69) is 20.8 Å². The summed E-state index contributed by atoms with van der Waals surface area (Å²) in [7, 11) is 0. The van der Waals surface area contributed by atoms with Gasteiger partial charge >= 0.3 is 0 Å². The second-order valence-corrected chi connectivity index (χ2v) is 3.52. The van der Waals surface area contributed by atoms with Crippen molar-refractivity contribution in [3.63, 3.8) is 0 Å². The van der Waals surface area contributed by atoms with Crippen molar-refractivity contribution in [2.45, 2.75) is 33.8 Å². The van der Waals surface area contributed by atoms with Crippen LogP contribution >= 0.6 is 0 Å². The van der Waals surface area contributed by atoms with E-state index in [4.69, 9.17) is 4.74 Å². The Kier molecular flexibility index (Phi) is 3.20. The van der Waals surface area contributed by atoms with Crippen molar-refractivity contribution in [3.05, 3.63) is 6.92 Å². The first kappa shape index (κ1) is 8.96. The molecule has 0 saturated carbocycles. The average molecular weight is 129 g/mol. The van der Waals surface area contributed by atoms with Gasteiger partial charge in [0, 0.05) is 0 Å². The van der Waals surface area contributed by atoms with Crippen LogP contribution in [0.25, 0.3) is 0 Å². The normalized spacial score (nSPS) is 12.7. The molecule has 0 heterocycles. The molecule has 1 heteroatoms. The van der Waals surface area contributed by atoms with Gasteiger partial charge in [-0.15, -0.1) is 0 Å². The van der Waals surface area contributed by atoms with Crippen molar-refractivity contribution < 1.29 is 4.74 Å². The van der Waals surface area contributed by atoms with Gasteiger partial charge in [0.05, 0.1) is 12.7 Å². The molecule has 0 amide bonds. The second kappa shape index (κ2) is 3.21. The molecule has 0 aromatic heterocycles. The fourth-order valence-corrected chi connectivity index (χ4v) is 0.392. The third-order valence-corrected chi connectivity index (χ3v) is 0.807. The zero-order valence-electron chi connectivity index (χ0n) is 6.90. The second-order valence-electron chi connectivity index (χ2n) is 3.52. The Morgan fingerprint density at radius 3 is 2.00 bits per heavy atom. The minimum atomic E-state index is 0.0598. The monoisotopic (exact) mass is 129 g/mol. The van der Waals surface area contributed by atoms with Crippen LogP contribution in [0.15, 0.2) is 0 Å². The first-order valence-electron chi connectivity index (χ1n) is 3.39. The van der Waals surface area contributed by atoms with Gasteiger partial charge in [-0.3, -0.25) is 0 Å². The molecule has 55 valence electrons. The van der Waals surface area contributed by atoms with Crippen molar-refractivity contribution in [3.8, 4) is 0 Å². The molecule has 0 bridgehead atoms. The zero-order chi connectivity index (χ0) is 7.49. The maximum absolute atomic E-state index is 5.34. The van der Waals surface area contributed by atoms with Crippen molar-refractivity contribution in [1.29, 1.82) is 0 Å². The highest BCUT2D eigenvalue weighted by atomic mass is 16.5. The van der Waals surface area contributed by atoms with Crippen LogP contribution in [0.4, 0.5) is 0 Å². The Hall–Kier alpha value is -0.0400. The van der Waals surface area contributed by atoms with E-state index >= 15 is 0 Å². The molecule has 0 saturated heterocycles. The summed E-state index contributed by atoms with van der Waals surface area (Å²) in [6.07, 6.45) is 0.325. The average Bonchev–Trinajstić information content (AvgIpc) is 1.59. The Morgan fingerprint density at radius 1 is 1.44 bits per heavy atom. The van der Waals surface area contributed by atoms with E-state index in [9.17, 15) is 0 Å². The van der Waals surface area contributed by atoms with Gasteiger partial charge in [-0.1, -0.05) is 13.8 Å². The molecule has 0 aromatic rings. The van der Waals surface area contributed by atoms with Gasteiger partial charge in [0.25, 0.3) is 0 Å². The van der Waals surface area contributed by atoms with Crippen molar-refractivity contribution in [1.82, 2.24) is 0 Å². The molecule has 0 N–H and O–H groups in total. The van der Waals surface area contributed by atoms with E-state index in [0.29, 0.717) is 6.10 Å². The van der Waals surface area contributed by atoms with E-state index in [0.717, 1.165) is 6.61 Å². The van der Waals surface area contributed by atoms with Crippen molar-refractivity contribution >= 4 is 0 Å². The van der Waals surface area contributed by atoms with Gasteiger partial charge in [-0.25, -0.2) is 0 Å². The SMILES string of the molecule is [CH2]C(C)(C)COC(C)C. The molecular weight excluding hydrogens is 112 g/mol. The van der Waals surface area contributed by atoms with E-state index in [1.165, 1.54) is 0 Å². The van der Waals surface area contributed by atoms with Gasteiger partial charge in [0.2, 0.25) is 0 Å². The number of rotatable bonds is 3. The Bertz CT molecular complexity index is 69.1. The highest BCUT2D eigenvalue weighted by Gasteiger charge is 2.10. The third-order valence-electron chi connectivity index (χ3n) is 0.807. The first-order chi connectivity index (χ1) is 3.92. The summed E-state index contributed by atoms with van der Waals surface area (Å²) in [6, 6.07) is 0. The molecule has 1 radical (unpaired) electrons. The number of hydrogen-bond acceptors (Lipinski definition) is 1. The minimum absolute atomic E-state index is 0.0598. The fraction of sp³-hybridized carbons (Fsp3) is 0.875. The molecule has 0 aliphatic heterocycles. The lowest BCUT2D eigenvalue weighted by Crippen LogP contribution is -2.18. The molecule has 0 spiro atoms. The standard InChI is InChI=1S/C8H17O/c1-7(2)9-6-8(3,4)5/h7H,3,6H2,1-2,4-5H3. The summed E-state index contributed by atoms with van der Waals surface area (Å²) in [4.78, 5) is 0. The Labute approximate surface area is 58.4 Å². The van der Waals surface area contributed by atoms with Crippen LogP contribution in [0.3, 0.4) is 0 Å². The van der Waals surface area contributed by atoms with Gasteiger partial charge < -0.3 is 4.74 Å². The van der Waals surface area contributed by atoms with Crippen LogP contribution in [0.5, 0.6) is 0 Å². The molecule has 9 heavy (non-hydrogen) atoms. The lowest BCUT2D eigenvalue weighted by Gasteiger charge is -2.19. The molecule has 0 atom stereocenters. The summed E-state index contributed by atoms with van der Waals surface area (Å²) in [5, 5.41) is 0. The molecule has 0 aliphatic carbocycles. The Balaban J connectivity index is 3.28. The van der Waals surface area contributed by atoms with Crippen LogP contribution < -0.4 is 0 Å². The Morgan fingerprint density at radius 2 is 1.89 bits per heavy atom. The molecular formula is C8H17O. The number of ether oxygens (including phenoxy) is 1. The lowest BCUT2D eigenvalue weighted by molar-refractivity contribution is 0.0373. The van der Waals surface area contributed by atoms with Crippen molar-refractivity contribution in [2.24, 2.45) is 5.41 Å². The fourth-order valence-electron chi connectivity index (χ4n) is 0.392. The lowest BCUT2D eigenvalue weighted by atomic mass is 9.99. The van der Waals surface area contributed by atoms with Crippen LogP contribution in [0.1, 0.15) is 27.7 Å². The number of hydrogen-bond donors (Lipinski definition) is 0. The zero-order valence-corrected chi connectivity index (χ0v) is 6.90. The quantitative estimate of drug-likeness (QED) is 0.568. The summed E-state index contributed by atoms with van der Waals surface area (Å²) < 4.78 is 5.34. The van der Waals surface area contributed by atoms with Gasteiger partial charge in [-0.05, 0) is 26.2 Å². The summed E-state index contributed by atoms with van der Waals surface area (Å²) >= 11 is 0. The van der Waals surface area contributed by atoms with Crippen LogP contribution in [-0.2, 0) is 4.74 Å². The molecule has 0 unspecified atom stereocenters. The molecule has 0 rings (SSSR count). The van der Waals surface area contributed by atoms with Crippen LogP contribution in [0.2, 0.25) is 0 Å². The molecule has 0 aromatic carbocycles. The van der Waals surface area contributed by atoms with E-state index < -0.39 is 0 Å². The van der Waals surface area contributed by atoms with Gasteiger partial charge in [0.1, 0.15) is 0 Å². The highest BCUT2D eigenvalue weighted by Crippen LogP contribution is 2.12. The predicted octanol–water partition coefficient (Wildman–Crippen LogP) is 2.27. The van der Waals surface area contributed by atoms with Crippen molar-refractivity contribution in [2.75, 3.05) is 6.61 Å². The third kappa shape index (κ3) is 7.96. The van der Waals surface area contributed by atoms with E-state index in [1.54, 1.807) is 0 Å². The van der Waals surface area contributed by atoms with Gasteiger partial charge in [0.15, 0.2) is 0 Å². The minimum Gasteiger partial charge on any atom is -0.378 e. The smallest absolute Gasteiger partial charge is 0.0520 e. The van der Waals surface area contributed by atoms with E-state index in [-0.39, 0.29) is 5.41 Å². The highest BCUT2D eigenvalue weighted by molar-refractivity contribution is 4.69. The van der Waals surface area contributed by atoms with Crippen LogP contribution in [-0.4, -0.2) is 12.7 Å². The summed E-state index contributed by atoms with van der Waals surface area (Å²) in [5.41, 5.74) is 0.0598. The topological polar surface area (TPSA) is 9.23 Å². The maximum atomic E-state index is 5.34. The van der Waals surface area contributed by atoms with Gasteiger partial charge in [-0.2, -0.15) is 0 Å². The molecule has 0 aliphatic rings.